The summed E-state index contributed by atoms with van der Waals surface area (Å²) in [5.41, 5.74) is 5.25. The topological polar surface area (TPSA) is 55.6 Å². The van der Waals surface area contributed by atoms with Crippen LogP contribution in [0.2, 0.25) is 0 Å². The Morgan fingerprint density at radius 1 is 1.31 bits per heavy atom. The second-order valence-corrected chi connectivity index (χ2v) is 5.49. The van der Waals surface area contributed by atoms with Crippen molar-refractivity contribution in [3.8, 4) is 0 Å². The number of hydrogen-bond acceptors (Lipinski definition) is 3. The molecule has 0 aromatic rings. The van der Waals surface area contributed by atoms with Gasteiger partial charge in [-0.3, -0.25) is 0 Å². The van der Waals surface area contributed by atoms with Gasteiger partial charge in [0.05, 0.1) is 0 Å². The van der Waals surface area contributed by atoms with E-state index in [-0.39, 0.29) is 18.2 Å². The lowest BCUT2D eigenvalue weighted by molar-refractivity contribution is 0.0227. The maximum atomic E-state index is 11.7. The number of hydrogen-bond donors (Lipinski definition) is 1. The molecule has 0 heterocycles. The quantitative estimate of drug-likeness (QED) is 0.806. The fourth-order valence-corrected chi connectivity index (χ4v) is 1.21. The molecule has 0 fully saturated rings. The van der Waals surface area contributed by atoms with Crippen molar-refractivity contribution in [1.29, 1.82) is 0 Å². The first-order valence-corrected chi connectivity index (χ1v) is 5.85. The van der Waals surface area contributed by atoms with Crippen molar-refractivity contribution in [1.82, 2.24) is 4.90 Å². The van der Waals surface area contributed by atoms with Gasteiger partial charge in [0.25, 0.3) is 0 Å². The number of nitrogens with zero attached hydrogens (tertiary/aromatic N) is 1. The van der Waals surface area contributed by atoms with E-state index in [9.17, 15) is 4.79 Å². The van der Waals surface area contributed by atoms with Crippen molar-refractivity contribution in [3.63, 3.8) is 0 Å². The van der Waals surface area contributed by atoms with Crippen LogP contribution in [0.3, 0.4) is 0 Å². The Kier molecular flexibility index (Phi) is 5.79. The van der Waals surface area contributed by atoms with Gasteiger partial charge in [0.2, 0.25) is 0 Å². The minimum Gasteiger partial charge on any atom is -0.444 e. The lowest BCUT2D eigenvalue weighted by Gasteiger charge is -2.29. The summed E-state index contributed by atoms with van der Waals surface area (Å²) in [6.45, 7) is 9.58. The lowest BCUT2D eigenvalue weighted by atomic mass is 10.1. The standard InChI is InChI=1S/C12H26N2O2/c1-9(13)7-8-10(2)14(6)11(15)16-12(3,4)5/h9-10H,7-8,13H2,1-6H3/t9?,10-/m1/s1. The minimum absolute atomic E-state index is 0.154. The Morgan fingerprint density at radius 2 is 1.81 bits per heavy atom. The van der Waals surface area contributed by atoms with Crippen LogP contribution >= 0.6 is 0 Å². The summed E-state index contributed by atoms with van der Waals surface area (Å²) >= 11 is 0. The average Bonchev–Trinajstić information content (AvgIpc) is 2.10. The van der Waals surface area contributed by atoms with E-state index in [0.717, 1.165) is 12.8 Å². The molecular formula is C12H26N2O2. The Balaban J connectivity index is 4.12. The molecule has 1 amide bonds. The highest BCUT2D eigenvalue weighted by molar-refractivity contribution is 5.68. The van der Waals surface area contributed by atoms with Crippen LogP contribution in [0.4, 0.5) is 4.79 Å². The first-order valence-electron chi connectivity index (χ1n) is 5.85. The lowest BCUT2D eigenvalue weighted by Crippen LogP contribution is -2.39. The number of nitrogens with two attached hydrogens (primary N) is 1. The van der Waals surface area contributed by atoms with Crippen LogP contribution in [-0.2, 0) is 4.74 Å². The van der Waals surface area contributed by atoms with Crippen molar-refractivity contribution >= 4 is 6.09 Å². The summed E-state index contributed by atoms with van der Waals surface area (Å²) in [5.74, 6) is 0. The Hall–Kier alpha value is -0.770. The van der Waals surface area contributed by atoms with Gasteiger partial charge in [0, 0.05) is 19.1 Å². The summed E-state index contributed by atoms with van der Waals surface area (Å²) in [7, 11) is 1.76. The normalized spacial score (nSPS) is 15.4. The minimum atomic E-state index is -0.438. The zero-order valence-electron chi connectivity index (χ0n) is 11.4. The van der Waals surface area contributed by atoms with E-state index in [2.05, 4.69) is 0 Å². The summed E-state index contributed by atoms with van der Waals surface area (Å²) < 4.78 is 5.28. The molecule has 4 nitrogen and oxygen atoms in total. The Morgan fingerprint density at radius 3 is 2.19 bits per heavy atom. The number of carbonyl (C=O) groups excluding carboxylic acids is 1. The first kappa shape index (κ1) is 15.2. The number of carbonyl (C=O) groups is 1. The van der Waals surface area contributed by atoms with Crippen molar-refractivity contribution < 1.29 is 9.53 Å². The van der Waals surface area contributed by atoms with Gasteiger partial charge in [-0.25, -0.2) is 4.79 Å². The van der Waals surface area contributed by atoms with E-state index in [0.29, 0.717) is 0 Å². The van der Waals surface area contributed by atoms with Crippen LogP contribution in [0.15, 0.2) is 0 Å². The van der Waals surface area contributed by atoms with E-state index in [1.165, 1.54) is 0 Å². The second-order valence-electron chi connectivity index (χ2n) is 5.49. The van der Waals surface area contributed by atoms with Gasteiger partial charge >= 0.3 is 6.09 Å². The summed E-state index contributed by atoms with van der Waals surface area (Å²) in [6.07, 6.45) is 1.53. The van der Waals surface area contributed by atoms with E-state index in [1.807, 2.05) is 34.6 Å². The third-order valence-corrected chi connectivity index (χ3v) is 2.38. The van der Waals surface area contributed by atoms with Gasteiger partial charge in [-0.15, -0.1) is 0 Å². The highest BCUT2D eigenvalue weighted by Crippen LogP contribution is 2.13. The molecule has 0 radical (unpaired) electrons. The molecule has 0 spiro atoms. The van der Waals surface area contributed by atoms with E-state index in [1.54, 1.807) is 11.9 Å². The molecule has 0 saturated carbocycles. The molecule has 0 bridgehead atoms. The SMILES string of the molecule is CC(N)CC[C@@H](C)N(C)C(=O)OC(C)(C)C. The molecule has 4 heteroatoms. The molecule has 16 heavy (non-hydrogen) atoms. The molecule has 2 N–H and O–H groups in total. The van der Waals surface area contributed by atoms with Gasteiger partial charge in [-0.05, 0) is 47.5 Å². The summed E-state index contributed by atoms with van der Waals surface area (Å²) in [6, 6.07) is 0.329. The molecule has 1 unspecified atom stereocenters. The van der Waals surface area contributed by atoms with E-state index < -0.39 is 5.60 Å². The summed E-state index contributed by atoms with van der Waals surface area (Å²) in [5, 5.41) is 0. The van der Waals surface area contributed by atoms with Gasteiger partial charge in [-0.1, -0.05) is 0 Å². The van der Waals surface area contributed by atoms with Crippen LogP contribution in [0.1, 0.15) is 47.5 Å². The fraction of sp³-hybridized carbons (Fsp3) is 0.917. The molecule has 0 aliphatic rings. The highest BCUT2D eigenvalue weighted by atomic mass is 16.6. The predicted molar refractivity (Wildman–Crippen MR) is 66.3 cm³/mol. The molecular weight excluding hydrogens is 204 g/mol. The fourth-order valence-electron chi connectivity index (χ4n) is 1.21. The van der Waals surface area contributed by atoms with Crippen LogP contribution in [0.25, 0.3) is 0 Å². The van der Waals surface area contributed by atoms with Crippen LogP contribution in [0, 0.1) is 0 Å². The molecule has 2 atom stereocenters. The van der Waals surface area contributed by atoms with Crippen LogP contribution in [-0.4, -0.2) is 35.7 Å². The second kappa shape index (κ2) is 6.09. The van der Waals surface area contributed by atoms with Gasteiger partial charge < -0.3 is 15.4 Å². The largest absolute Gasteiger partial charge is 0.444 e. The van der Waals surface area contributed by atoms with Gasteiger partial charge in [-0.2, -0.15) is 0 Å². The predicted octanol–water partition coefficient (Wildman–Crippen LogP) is 2.37. The maximum absolute atomic E-state index is 11.7. The van der Waals surface area contributed by atoms with E-state index >= 15 is 0 Å². The molecule has 0 saturated heterocycles. The third-order valence-electron chi connectivity index (χ3n) is 2.38. The molecule has 96 valence electrons. The smallest absolute Gasteiger partial charge is 0.410 e. The Labute approximate surface area is 99.1 Å². The number of amides is 1. The highest BCUT2D eigenvalue weighted by Gasteiger charge is 2.22. The zero-order chi connectivity index (χ0) is 12.9. The van der Waals surface area contributed by atoms with Crippen molar-refractivity contribution in [2.24, 2.45) is 5.73 Å². The summed E-state index contributed by atoms with van der Waals surface area (Å²) in [4.78, 5) is 13.3. The van der Waals surface area contributed by atoms with Crippen molar-refractivity contribution in [2.75, 3.05) is 7.05 Å². The zero-order valence-corrected chi connectivity index (χ0v) is 11.4. The molecule has 0 rings (SSSR count). The van der Waals surface area contributed by atoms with Gasteiger partial charge in [0.1, 0.15) is 5.60 Å². The monoisotopic (exact) mass is 230 g/mol. The molecule has 0 aromatic heterocycles. The van der Waals surface area contributed by atoms with Gasteiger partial charge in [0.15, 0.2) is 0 Å². The molecule has 0 aromatic carbocycles. The maximum Gasteiger partial charge on any atom is 0.410 e. The van der Waals surface area contributed by atoms with Crippen molar-refractivity contribution in [2.45, 2.75) is 65.1 Å². The average molecular weight is 230 g/mol. The number of rotatable bonds is 4. The number of ether oxygens (including phenoxy) is 1. The van der Waals surface area contributed by atoms with Crippen molar-refractivity contribution in [3.05, 3.63) is 0 Å². The molecule has 0 aliphatic heterocycles. The molecule has 0 aliphatic carbocycles. The van der Waals surface area contributed by atoms with E-state index in [4.69, 9.17) is 10.5 Å². The third kappa shape index (κ3) is 6.67. The first-order chi connectivity index (χ1) is 7.13. The Bertz CT molecular complexity index is 222. The van der Waals surface area contributed by atoms with Crippen LogP contribution < -0.4 is 5.73 Å². The van der Waals surface area contributed by atoms with Crippen LogP contribution in [0.5, 0.6) is 0 Å².